The summed E-state index contributed by atoms with van der Waals surface area (Å²) in [4.78, 5) is 0. The number of rotatable bonds is 16. The standard InChI is InChI=1S/C19H38O6S2/c1-3-4-5-6-7-8-9-12-26-16-18-14-24-19(2,25-15-18)17-23-11-10-13-27(20,21)22/h18H,3-17H2,1-2H3,(H,20,21,22)/p-1. The molecule has 0 radical (unpaired) electrons. The normalized spacial score (nSPS) is 23.6. The Labute approximate surface area is 169 Å². The third kappa shape index (κ3) is 13.9. The second-order valence-electron chi connectivity index (χ2n) is 7.49. The van der Waals surface area contributed by atoms with Crippen molar-refractivity contribution in [3.8, 4) is 0 Å². The molecule has 6 nitrogen and oxygen atoms in total. The van der Waals surface area contributed by atoms with Crippen molar-refractivity contribution in [2.24, 2.45) is 5.92 Å². The van der Waals surface area contributed by atoms with E-state index in [2.05, 4.69) is 6.92 Å². The molecule has 1 saturated heterocycles. The van der Waals surface area contributed by atoms with Crippen LogP contribution in [0.15, 0.2) is 0 Å². The van der Waals surface area contributed by atoms with Crippen LogP contribution < -0.4 is 0 Å². The Balaban J connectivity index is 1.98. The largest absolute Gasteiger partial charge is 0.748 e. The van der Waals surface area contributed by atoms with Gasteiger partial charge in [-0.15, -0.1) is 0 Å². The maximum atomic E-state index is 10.5. The fraction of sp³-hybridized carbons (Fsp3) is 1.00. The first-order chi connectivity index (χ1) is 12.8. The fourth-order valence-corrected chi connectivity index (χ4v) is 4.44. The molecule has 0 spiro atoms. The Morgan fingerprint density at radius 3 is 2.33 bits per heavy atom. The van der Waals surface area contributed by atoms with E-state index in [1.807, 2.05) is 18.7 Å². The van der Waals surface area contributed by atoms with Crippen LogP contribution in [0.25, 0.3) is 0 Å². The van der Waals surface area contributed by atoms with Crippen LogP contribution in [0.4, 0.5) is 0 Å². The second-order valence-corrected chi connectivity index (χ2v) is 10.2. The molecular formula is C19H37O6S2-. The van der Waals surface area contributed by atoms with E-state index in [1.54, 1.807) is 0 Å². The van der Waals surface area contributed by atoms with E-state index in [0.717, 1.165) is 5.75 Å². The lowest BCUT2D eigenvalue weighted by Gasteiger charge is -2.37. The molecule has 1 rings (SSSR count). The van der Waals surface area contributed by atoms with Crippen molar-refractivity contribution in [2.75, 3.05) is 43.7 Å². The minimum Gasteiger partial charge on any atom is -0.748 e. The molecule has 0 unspecified atom stereocenters. The van der Waals surface area contributed by atoms with Gasteiger partial charge >= 0.3 is 0 Å². The van der Waals surface area contributed by atoms with Gasteiger partial charge in [-0.25, -0.2) is 8.42 Å². The number of hydrogen-bond donors (Lipinski definition) is 0. The quantitative estimate of drug-likeness (QED) is 0.275. The van der Waals surface area contributed by atoms with Gasteiger partial charge in [0.2, 0.25) is 0 Å². The molecule has 0 aromatic rings. The van der Waals surface area contributed by atoms with Gasteiger partial charge in [-0.2, -0.15) is 11.8 Å². The molecule has 0 saturated carbocycles. The van der Waals surface area contributed by atoms with Crippen molar-refractivity contribution >= 4 is 21.9 Å². The summed E-state index contributed by atoms with van der Waals surface area (Å²) in [5, 5.41) is 0. The number of hydrogen-bond acceptors (Lipinski definition) is 7. The topological polar surface area (TPSA) is 84.9 Å². The van der Waals surface area contributed by atoms with E-state index in [-0.39, 0.29) is 19.6 Å². The molecule has 0 bridgehead atoms. The second kappa shape index (κ2) is 14.2. The molecule has 0 aromatic heterocycles. The van der Waals surface area contributed by atoms with Gasteiger partial charge in [0, 0.05) is 24.0 Å². The smallest absolute Gasteiger partial charge is 0.188 e. The van der Waals surface area contributed by atoms with Gasteiger partial charge in [0.25, 0.3) is 0 Å². The molecule has 1 aliphatic heterocycles. The summed E-state index contributed by atoms with van der Waals surface area (Å²) in [5.41, 5.74) is 0. The molecule has 162 valence electrons. The van der Waals surface area contributed by atoms with Crippen molar-refractivity contribution in [3.05, 3.63) is 0 Å². The Hall–Kier alpha value is 0.140. The zero-order valence-corrected chi connectivity index (χ0v) is 18.6. The van der Waals surface area contributed by atoms with E-state index < -0.39 is 21.7 Å². The van der Waals surface area contributed by atoms with Crippen LogP contribution in [0.3, 0.4) is 0 Å². The summed E-state index contributed by atoms with van der Waals surface area (Å²) in [6.45, 7) is 5.83. The number of ether oxygens (including phenoxy) is 3. The summed E-state index contributed by atoms with van der Waals surface area (Å²) >= 11 is 1.98. The van der Waals surface area contributed by atoms with Crippen molar-refractivity contribution in [3.63, 3.8) is 0 Å². The van der Waals surface area contributed by atoms with Gasteiger partial charge in [0.1, 0.15) is 6.61 Å². The zero-order valence-electron chi connectivity index (χ0n) is 16.9. The minimum atomic E-state index is -4.17. The highest BCUT2D eigenvalue weighted by Crippen LogP contribution is 2.24. The van der Waals surface area contributed by atoms with Gasteiger partial charge in [0.15, 0.2) is 5.79 Å². The fourth-order valence-electron chi connectivity index (χ4n) is 2.86. The van der Waals surface area contributed by atoms with E-state index >= 15 is 0 Å². The SMILES string of the molecule is CCCCCCCCCSCC1COC(C)(COCCCS(=O)(=O)[O-])OC1. The molecule has 27 heavy (non-hydrogen) atoms. The molecular weight excluding hydrogens is 388 g/mol. The van der Waals surface area contributed by atoms with Crippen molar-refractivity contribution in [1.29, 1.82) is 0 Å². The van der Waals surface area contributed by atoms with Crippen molar-refractivity contribution < 1.29 is 27.2 Å². The van der Waals surface area contributed by atoms with Gasteiger partial charge in [-0.3, -0.25) is 0 Å². The lowest BCUT2D eigenvalue weighted by molar-refractivity contribution is -0.289. The van der Waals surface area contributed by atoms with Gasteiger partial charge < -0.3 is 18.8 Å². The first-order valence-electron chi connectivity index (χ1n) is 10.2. The Kier molecular flexibility index (Phi) is 13.2. The van der Waals surface area contributed by atoms with Crippen molar-refractivity contribution in [2.45, 2.75) is 71.0 Å². The molecule has 0 N–H and O–H groups in total. The number of unbranched alkanes of at least 4 members (excludes halogenated alkanes) is 6. The average Bonchev–Trinajstić information content (AvgIpc) is 2.61. The van der Waals surface area contributed by atoms with Crippen LogP contribution in [-0.2, 0) is 24.3 Å². The summed E-state index contributed by atoms with van der Waals surface area (Å²) in [5.74, 6) is 1.47. The van der Waals surface area contributed by atoms with Crippen LogP contribution in [0.2, 0.25) is 0 Å². The molecule has 1 fully saturated rings. The molecule has 1 heterocycles. The first kappa shape index (κ1) is 25.2. The highest BCUT2D eigenvalue weighted by atomic mass is 32.2. The summed E-state index contributed by atoms with van der Waals surface area (Å²) in [7, 11) is -4.17. The first-order valence-corrected chi connectivity index (χ1v) is 12.9. The van der Waals surface area contributed by atoms with Crippen LogP contribution in [-0.4, -0.2) is 62.4 Å². The van der Waals surface area contributed by atoms with Crippen LogP contribution in [0.1, 0.15) is 65.2 Å². The average molecular weight is 426 g/mol. The van der Waals surface area contributed by atoms with Crippen molar-refractivity contribution in [1.82, 2.24) is 0 Å². The Bertz CT molecular complexity index is 461. The van der Waals surface area contributed by atoms with E-state index in [4.69, 9.17) is 14.2 Å². The summed E-state index contributed by atoms with van der Waals surface area (Å²) < 4.78 is 48.6. The third-order valence-corrected chi connectivity index (χ3v) is 6.61. The highest BCUT2D eigenvalue weighted by Gasteiger charge is 2.33. The van der Waals surface area contributed by atoms with E-state index in [9.17, 15) is 13.0 Å². The summed E-state index contributed by atoms with van der Waals surface area (Å²) in [6, 6.07) is 0. The molecule has 0 atom stereocenters. The molecule has 0 amide bonds. The van der Waals surface area contributed by atoms with Gasteiger partial charge in [-0.1, -0.05) is 45.4 Å². The predicted molar refractivity (Wildman–Crippen MR) is 109 cm³/mol. The van der Waals surface area contributed by atoms with Crippen LogP contribution in [0, 0.1) is 5.92 Å². The minimum absolute atomic E-state index is 0.194. The number of thioether (sulfide) groups is 1. The predicted octanol–water partition coefficient (Wildman–Crippen LogP) is 3.80. The highest BCUT2D eigenvalue weighted by molar-refractivity contribution is 7.99. The zero-order chi connectivity index (χ0) is 20.0. The molecule has 0 aromatic carbocycles. The molecule has 1 aliphatic rings. The van der Waals surface area contributed by atoms with Crippen LogP contribution >= 0.6 is 11.8 Å². The Morgan fingerprint density at radius 2 is 1.70 bits per heavy atom. The molecule has 0 aliphatic carbocycles. The summed E-state index contributed by atoms with van der Waals surface area (Å²) in [6.07, 6.45) is 9.58. The van der Waals surface area contributed by atoms with Gasteiger partial charge in [-0.05, 0) is 25.5 Å². The van der Waals surface area contributed by atoms with E-state index in [0.29, 0.717) is 19.1 Å². The monoisotopic (exact) mass is 425 g/mol. The third-order valence-electron chi connectivity index (χ3n) is 4.54. The maximum Gasteiger partial charge on any atom is 0.188 e. The molecule has 8 heteroatoms. The Morgan fingerprint density at radius 1 is 1.07 bits per heavy atom. The van der Waals surface area contributed by atoms with Gasteiger partial charge in [0.05, 0.1) is 23.3 Å². The lowest BCUT2D eigenvalue weighted by atomic mass is 10.1. The van der Waals surface area contributed by atoms with E-state index in [1.165, 1.54) is 50.7 Å². The lowest BCUT2D eigenvalue weighted by Crippen LogP contribution is -2.46. The van der Waals surface area contributed by atoms with Crippen LogP contribution in [0.5, 0.6) is 0 Å². The maximum absolute atomic E-state index is 10.5.